The van der Waals surface area contributed by atoms with Crippen LogP contribution < -0.4 is 5.32 Å². The molecule has 0 aliphatic heterocycles. The normalized spacial score (nSPS) is 10.1. The minimum atomic E-state index is -0.588. The number of nitro groups is 1. The van der Waals surface area contributed by atoms with E-state index in [1.807, 2.05) is 0 Å². The monoisotopic (exact) mass is 291 g/mol. The lowest BCUT2D eigenvalue weighted by molar-refractivity contribution is -0.385. The van der Waals surface area contributed by atoms with Crippen LogP contribution in [-0.4, -0.2) is 15.8 Å². The fourth-order valence-electron chi connectivity index (χ4n) is 1.72. The summed E-state index contributed by atoms with van der Waals surface area (Å²) >= 11 is 5.69. The van der Waals surface area contributed by atoms with Gasteiger partial charge in [-0.15, -0.1) is 0 Å². The topological polar surface area (TPSA) is 85.1 Å². The Bertz CT molecular complexity index is 671. The summed E-state index contributed by atoms with van der Waals surface area (Å²) in [5.74, 6) is -0.314. The number of aromatic nitrogens is 1. The summed E-state index contributed by atoms with van der Waals surface area (Å²) < 4.78 is 0. The van der Waals surface area contributed by atoms with Crippen molar-refractivity contribution < 1.29 is 9.72 Å². The molecule has 20 heavy (non-hydrogen) atoms. The maximum Gasteiger partial charge on any atom is 0.285 e. The number of carbonyl (C=O) groups excluding carboxylic acids is 1. The molecule has 7 heteroatoms. The fourth-order valence-corrected chi connectivity index (χ4v) is 1.83. The van der Waals surface area contributed by atoms with Gasteiger partial charge in [0.2, 0.25) is 0 Å². The van der Waals surface area contributed by atoms with Crippen LogP contribution in [0.25, 0.3) is 0 Å². The van der Waals surface area contributed by atoms with E-state index in [0.29, 0.717) is 10.6 Å². The Balaban J connectivity index is 2.32. The lowest BCUT2D eigenvalue weighted by Crippen LogP contribution is -2.15. The maximum absolute atomic E-state index is 12.1. The maximum atomic E-state index is 12.1. The first kappa shape index (κ1) is 14.0. The van der Waals surface area contributed by atoms with E-state index in [-0.39, 0.29) is 17.1 Å². The summed E-state index contributed by atoms with van der Waals surface area (Å²) in [7, 11) is 0. The van der Waals surface area contributed by atoms with Crippen LogP contribution in [0, 0.1) is 17.0 Å². The van der Waals surface area contributed by atoms with Crippen molar-refractivity contribution in [2.45, 2.75) is 6.92 Å². The first-order chi connectivity index (χ1) is 9.49. The number of benzene rings is 1. The molecule has 0 saturated carbocycles. The van der Waals surface area contributed by atoms with E-state index in [1.54, 1.807) is 25.1 Å². The molecule has 1 aromatic heterocycles. The number of rotatable bonds is 3. The second-order valence-corrected chi connectivity index (χ2v) is 4.48. The lowest BCUT2D eigenvalue weighted by atomic mass is 10.1. The zero-order chi connectivity index (χ0) is 14.7. The van der Waals surface area contributed by atoms with Crippen LogP contribution in [0.2, 0.25) is 5.02 Å². The van der Waals surface area contributed by atoms with Crippen molar-refractivity contribution in [2.24, 2.45) is 0 Å². The minimum absolute atomic E-state index is 0.00764. The second-order valence-electron chi connectivity index (χ2n) is 4.04. The van der Waals surface area contributed by atoms with Gasteiger partial charge in [-0.3, -0.25) is 14.9 Å². The second kappa shape index (κ2) is 5.66. The molecule has 0 unspecified atom stereocenters. The molecule has 102 valence electrons. The lowest BCUT2D eigenvalue weighted by Gasteiger charge is -2.06. The van der Waals surface area contributed by atoms with Gasteiger partial charge in [0.25, 0.3) is 11.6 Å². The zero-order valence-corrected chi connectivity index (χ0v) is 11.2. The molecule has 2 aromatic rings. The Morgan fingerprint density at radius 2 is 2.10 bits per heavy atom. The molecular formula is C13H10ClN3O3. The van der Waals surface area contributed by atoms with Crippen LogP contribution in [-0.2, 0) is 0 Å². The molecule has 1 N–H and O–H groups in total. The fraction of sp³-hybridized carbons (Fsp3) is 0.0769. The van der Waals surface area contributed by atoms with Gasteiger partial charge in [0, 0.05) is 11.8 Å². The number of hydrogen-bond acceptors (Lipinski definition) is 4. The number of nitro benzene ring substituents is 1. The molecule has 2 rings (SSSR count). The van der Waals surface area contributed by atoms with Crippen molar-refractivity contribution in [3.05, 3.63) is 62.8 Å². The van der Waals surface area contributed by atoms with Gasteiger partial charge >= 0.3 is 0 Å². The van der Waals surface area contributed by atoms with Crippen molar-refractivity contribution in [1.29, 1.82) is 0 Å². The average Bonchev–Trinajstić information content (AvgIpc) is 2.40. The highest BCUT2D eigenvalue weighted by molar-refractivity contribution is 6.30. The van der Waals surface area contributed by atoms with Crippen LogP contribution in [0.3, 0.4) is 0 Å². The van der Waals surface area contributed by atoms with Crippen LogP contribution in [0.1, 0.15) is 15.9 Å². The van der Waals surface area contributed by atoms with Gasteiger partial charge in [-0.2, -0.15) is 0 Å². The van der Waals surface area contributed by atoms with E-state index in [0.717, 1.165) is 0 Å². The van der Waals surface area contributed by atoms with Crippen molar-refractivity contribution in [3.8, 4) is 0 Å². The summed E-state index contributed by atoms with van der Waals surface area (Å²) in [6, 6.07) is 7.65. The Labute approximate surface area is 119 Å². The molecule has 0 fully saturated rings. The number of carbonyl (C=O) groups is 1. The van der Waals surface area contributed by atoms with Gasteiger partial charge in [-0.05, 0) is 25.1 Å². The SMILES string of the molecule is Cc1cccc(C(=O)Nc2ccc(Cl)cn2)c1[N+](=O)[O-]. The number of aryl methyl sites for hydroxylation is 1. The van der Waals surface area contributed by atoms with Gasteiger partial charge in [0.05, 0.1) is 9.95 Å². The van der Waals surface area contributed by atoms with Crippen LogP contribution in [0.5, 0.6) is 0 Å². The Hall–Kier alpha value is -2.47. The van der Waals surface area contributed by atoms with Gasteiger partial charge < -0.3 is 5.32 Å². The summed E-state index contributed by atoms with van der Waals surface area (Å²) in [6.45, 7) is 1.58. The molecule has 0 spiro atoms. The highest BCUT2D eigenvalue weighted by atomic mass is 35.5. The Kier molecular flexibility index (Phi) is 3.95. The van der Waals surface area contributed by atoms with Gasteiger partial charge in [0.1, 0.15) is 11.4 Å². The van der Waals surface area contributed by atoms with Crippen molar-refractivity contribution in [2.75, 3.05) is 5.32 Å². The third-order valence-electron chi connectivity index (χ3n) is 2.63. The Morgan fingerprint density at radius 1 is 1.35 bits per heavy atom. The molecular weight excluding hydrogens is 282 g/mol. The number of nitrogens with one attached hydrogen (secondary N) is 1. The van der Waals surface area contributed by atoms with Crippen LogP contribution in [0.15, 0.2) is 36.5 Å². The number of hydrogen-bond donors (Lipinski definition) is 1. The van der Waals surface area contributed by atoms with E-state index < -0.39 is 10.8 Å². The predicted octanol–water partition coefficient (Wildman–Crippen LogP) is 3.20. The molecule has 0 saturated heterocycles. The molecule has 0 atom stereocenters. The quantitative estimate of drug-likeness (QED) is 0.695. The minimum Gasteiger partial charge on any atom is -0.306 e. The molecule has 0 radical (unpaired) electrons. The van der Waals surface area contributed by atoms with E-state index in [1.165, 1.54) is 18.3 Å². The third-order valence-corrected chi connectivity index (χ3v) is 2.86. The molecule has 1 aromatic carbocycles. The highest BCUT2D eigenvalue weighted by Crippen LogP contribution is 2.23. The smallest absolute Gasteiger partial charge is 0.285 e. The number of pyridine rings is 1. The summed E-state index contributed by atoms with van der Waals surface area (Å²) in [4.78, 5) is 26.5. The average molecular weight is 292 g/mol. The van der Waals surface area contributed by atoms with Gasteiger partial charge in [-0.25, -0.2) is 4.98 Å². The van der Waals surface area contributed by atoms with Gasteiger partial charge in [-0.1, -0.05) is 23.7 Å². The largest absolute Gasteiger partial charge is 0.306 e. The first-order valence-corrected chi connectivity index (χ1v) is 6.04. The number of para-hydroxylation sites is 1. The summed E-state index contributed by atoms with van der Waals surface area (Å²) in [5.41, 5.74) is 0.206. The van der Waals surface area contributed by atoms with Crippen molar-refractivity contribution in [1.82, 2.24) is 4.98 Å². The van der Waals surface area contributed by atoms with Crippen molar-refractivity contribution >= 4 is 29.0 Å². The number of amides is 1. The number of halogens is 1. The molecule has 0 bridgehead atoms. The third kappa shape index (κ3) is 2.92. The van der Waals surface area contributed by atoms with Crippen molar-refractivity contribution in [3.63, 3.8) is 0 Å². The number of anilines is 1. The highest BCUT2D eigenvalue weighted by Gasteiger charge is 2.22. The predicted molar refractivity (Wildman–Crippen MR) is 75.0 cm³/mol. The van der Waals surface area contributed by atoms with Gasteiger partial charge in [0.15, 0.2) is 0 Å². The Morgan fingerprint density at radius 3 is 2.70 bits per heavy atom. The summed E-state index contributed by atoms with van der Waals surface area (Å²) in [6.07, 6.45) is 1.38. The molecule has 1 amide bonds. The van der Waals surface area contributed by atoms with E-state index in [4.69, 9.17) is 11.6 Å². The first-order valence-electron chi connectivity index (χ1n) is 5.66. The molecule has 6 nitrogen and oxygen atoms in total. The molecule has 0 aliphatic carbocycles. The zero-order valence-electron chi connectivity index (χ0n) is 10.5. The standard InChI is InChI=1S/C13H10ClN3O3/c1-8-3-2-4-10(12(8)17(19)20)13(18)16-11-6-5-9(14)7-15-11/h2-7H,1H3,(H,15,16,18). The van der Waals surface area contributed by atoms with Crippen LogP contribution in [0.4, 0.5) is 11.5 Å². The van der Waals surface area contributed by atoms with E-state index in [9.17, 15) is 14.9 Å². The number of nitrogens with zero attached hydrogens (tertiary/aromatic N) is 2. The van der Waals surface area contributed by atoms with E-state index in [2.05, 4.69) is 10.3 Å². The summed E-state index contributed by atoms with van der Waals surface area (Å²) in [5, 5.41) is 14.0. The van der Waals surface area contributed by atoms with Crippen LogP contribution >= 0.6 is 11.6 Å². The molecule has 1 heterocycles. The van der Waals surface area contributed by atoms with E-state index >= 15 is 0 Å². The molecule has 0 aliphatic rings.